The second-order valence-corrected chi connectivity index (χ2v) is 12.6. The van der Waals surface area contributed by atoms with Gasteiger partial charge in [-0.3, -0.25) is 14.4 Å². The molecule has 2 aromatic carbocycles. The maximum Gasteiger partial charge on any atom is 0.253 e. The van der Waals surface area contributed by atoms with Crippen molar-refractivity contribution >= 4 is 29.1 Å². The van der Waals surface area contributed by atoms with Gasteiger partial charge in [0, 0.05) is 24.5 Å². The quantitative estimate of drug-likeness (QED) is 0.461. The van der Waals surface area contributed by atoms with Crippen molar-refractivity contribution in [1.82, 2.24) is 4.90 Å². The molecule has 1 unspecified atom stereocenters. The number of hydrogen-bond acceptors (Lipinski definition) is 6. The fourth-order valence-corrected chi connectivity index (χ4v) is 7.75. The summed E-state index contributed by atoms with van der Waals surface area (Å²) in [5.74, 6) is -1.85. The minimum absolute atomic E-state index is 0.150. The summed E-state index contributed by atoms with van der Waals surface area (Å²) in [5, 5.41) is 10.6. The average Bonchev–Trinajstić information content (AvgIpc) is 3.33. The molecular formula is C35H41N3O6. The Bertz CT molecular complexity index is 1470. The van der Waals surface area contributed by atoms with Crippen LogP contribution < -0.4 is 14.5 Å². The first-order valence-electron chi connectivity index (χ1n) is 15.5. The molecule has 0 aliphatic carbocycles. The highest BCUT2D eigenvalue weighted by atomic mass is 16.5. The highest BCUT2D eigenvalue weighted by Gasteiger charge is 2.76. The second kappa shape index (κ2) is 11.5. The SMILES string of the molecule is CC[C@@]12C=CCN(c3ccccc3)C(=O)[C@@H]1[C@H]1C(=O)N([C@@H](CO)CC(C)C)C3C(=O)N(c4ccc(OC)cc4)CC=C[C@@]31O2. The largest absolute Gasteiger partial charge is 0.497 e. The first-order valence-corrected chi connectivity index (χ1v) is 15.5. The number of rotatable bonds is 8. The molecule has 2 fully saturated rings. The molecule has 4 heterocycles. The second-order valence-electron chi connectivity index (χ2n) is 12.6. The molecule has 1 N–H and O–H groups in total. The van der Waals surface area contributed by atoms with Crippen LogP contribution in [0.2, 0.25) is 0 Å². The normalized spacial score (nSPS) is 30.3. The molecule has 9 nitrogen and oxygen atoms in total. The highest BCUT2D eigenvalue weighted by molar-refractivity contribution is 6.07. The molecule has 6 rings (SSSR count). The fraction of sp³-hybridized carbons (Fsp3) is 0.457. The topological polar surface area (TPSA) is 99.6 Å². The van der Waals surface area contributed by atoms with Crippen molar-refractivity contribution in [3.63, 3.8) is 0 Å². The van der Waals surface area contributed by atoms with Crippen molar-refractivity contribution in [2.75, 3.05) is 36.6 Å². The number of anilines is 2. The summed E-state index contributed by atoms with van der Waals surface area (Å²) in [6, 6.07) is 15.0. The molecule has 9 heteroatoms. The van der Waals surface area contributed by atoms with Crippen LogP contribution in [0.15, 0.2) is 78.9 Å². The molecule has 4 aliphatic rings. The van der Waals surface area contributed by atoms with Gasteiger partial charge in [-0.25, -0.2) is 0 Å². The summed E-state index contributed by atoms with van der Waals surface area (Å²) in [7, 11) is 1.59. The number of carbonyl (C=O) groups is 3. The number of nitrogens with zero attached hydrogens (tertiary/aromatic N) is 3. The van der Waals surface area contributed by atoms with Crippen molar-refractivity contribution in [3.05, 3.63) is 78.9 Å². The van der Waals surface area contributed by atoms with Gasteiger partial charge in [-0.1, -0.05) is 63.3 Å². The number of hydrogen-bond donors (Lipinski definition) is 1. The van der Waals surface area contributed by atoms with Crippen LogP contribution in [-0.2, 0) is 19.1 Å². The van der Waals surface area contributed by atoms with Crippen molar-refractivity contribution in [3.8, 4) is 5.75 Å². The highest BCUT2D eigenvalue weighted by Crippen LogP contribution is 2.59. The Balaban J connectivity index is 1.51. The van der Waals surface area contributed by atoms with E-state index in [1.54, 1.807) is 33.9 Å². The van der Waals surface area contributed by atoms with E-state index in [-0.39, 0.29) is 36.8 Å². The Hall–Kier alpha value is -3.95. The summed E-state index contributed by atoms with van der Waals surface area (Å²) >= 11 is 0. The Morgan fingerprint density at radius 1 is 0.886 bits per heavy atom. The molecule has 4 aliphatic heterocycles. The monoisotopic (exact) mass is 599 g/mol. The van der Waals surface area contributed by atoms with E-state index in [4.69, 9.17) is 9.47 Å². The Labute approximate surface area is 258 Å². The molecule has 0 saturated carbocycles. The van der Waals surface area contributed by atoms with E-state index in [1.807, 2.05) is 87.5 Å². The van der Waals surface area contributed by atoms with E-state index in [0.29, 0.717) is 30.8 Å². The predicted octanol–water partition coefficient (Wildman–Crippen LogP) is 3.97. The van der Waals surface area contributed by atoms with Gasteiger partial charge in [0.05, 0.1) is 37.2 Å². The number of fused-ring (bicyclic) bond motifs is 2. The molecule has 44 heavy (non-hydrogen) atoms. The summed E-state index contributed by atoms with van der Waals surface area (Å²) in [6.45, 7) is 6.30. The first kappa shape index (κ1) is 30.1. The fourth-order valence-electron chi connectivity index (χ4n) is 7.75. The van der Waals surface area contributed by atoms with Crippen molar-refractivity contribution in [2.45, 2.75) is 56.9 Å². The van der Waals surface area contributed by atoms with Gasteiger partial charge < -0.3 is 29.3 Å². The number of amides is 3. The Morgan fingerprint density at radius 3 is 2.14 bits per heavy atom. The summed E-state index contributed by atoms with van der Waals surface area (Å²) in [5.41, 5.74) is -1.10. The smallest absolute Gasteiger partial charge is 0.253 e. The zero-order chi connectivity index (χ0) is 31.2. The standard InChI is InChI=1S/C35H41N3O6/c1-5-34-17-9-19-36(24-11-7-6-8-12-24)31(40)28(34)29-32(41)38(26(22-39)21-23(2)3)30-33(42)37(20-10-18-35(29,30)44-34)25-13-15-27(43-4)16-14-25/h6-18,23,26,28-30,39H,5,19-22H2,1-4H3/t26-,28+,29+,30?,34-,35+/m1/s1. The molecule has 3 amide bonds. The maximum atomic E-state index is 14.8. The van der Waals surface area contributed by atoms with Crippen molar-refractivity contribution < 1.29 is 29.0 Å². The summed E-state index contributed by atoms with van der Waals surface area (Å²) in [6.07, 6.45) is 8.54. The van der Waals surface area contributed by atoms with Gasteiger partial charge in [0.1, 0.15) is 17.4 Å². The van der Waals surface area contributed by atoms with Gasteiger partial charge >= 0.3 is 0 Å². The lowest BCUT2D eigenvalue weighted by Crippen LogP contribution is -2.59. The molecule has 2 aromatic rings. The lowest BCUT2D eigenvalue weighted by molar-refractivity contribution is -0.149. The lowest BCUT2D eigenvalue weighted by Gasteiger charge is -2.41. The third-order valence-corrected chi connectivity index (χ3v) is 9.68. The van der Waals surface area contributed by atoms with Gasteiger partial charge in [0.15, 0.2) is 0 Å². The summed E-state index contributed by atoms with van der Waals surface area (Å²) < 4.78 is 12.4. The molecule has 0 radical (unpaired) electrons. The minimum Gasteiger partial charge on any atom is -0.497 e. The average molecular weight is 600 g/mol. The lowest BCUT2D eigenvalue weighted by atomic mass is 9.73. The zero-order valence-electron chi connectivity index (χ0n) is 25.8. The number of methoxy groups -OCH3 is 1. The Kier molecular flexibility index (Phi) is 7.88. The van der Waals surface area contributed by atoms with E-state index in [0.717, 1.165) is 5.69 Å². The number of benzene rings is 2. The van der Waals surface area contributed by atoms with Crippen LogP contribution in [0.4, 0.5) is 11.4 Å². The van der Waals surface area contributed by atoms with Crippen LogP contribution in [-0.4, -0.2) is 77.8 Å². The van der Waals surface area contributed by atoms with Crippen LogP contribution in [0, 0.1) is 17.8 Å². The van der Waals surface area contributed by atoms with E-state index >= 15 is 0 Å². The van der Waals surface area contributed by atoms with Crippen LogP contribution in [0.5, 0.6) is 5.75 Å². The number of likely N-dealkylation sites (tertiary alicyclic amines) is 1. The third-order valence-electron chi connectivity index (χ3n) is 9.68. The van der Waals surface area contributed by atoms with Crippen LogP contribution in [0.25, 0.3) is 0 Å². The van der Waals surface area contributed by atoms with Crippen LogP contribution in [0.3, 0.4) is 0 Å². The maximum absolute atomic E-state index is 14.8. The van der Waals surface area contributed by atoms with Crippen molar-refractivity contribution in [1.29, 1.82) is 0 Å². The van der Waals surface area contributed by atoms with Gasteiger partial charge in [-0.15, -0.1) is 0 Å². The number of aliphatic hydroxyl groups excluding tert-OH is 1. The molecule has 6 atom stereocenters. The molecule has 1 spiro atoms. The van der Waals surface area contributed by atoms with Crippen LogP contribution >= 0.6 is 0 Å². The molecule has 0 aromatic heterocycles. The van der Waals surface area contributed by atoms with E-state index in [2.05, 4.69) is 0 Å². The van der Waals surface area contributed by atoms with Crippen LogP contribution in [0.1, 0.15) is 33.6 Å². The third kappa shape index (κ3) is 4.56. The first-order chi connectivity index (χ1) is 21.2. The molecule has 2 saturated heterocycles. The zero-order valence-corrected chi connectivity index (χ0v) is 25.8. The molecule has 232 valence electrons. The Morgan fingerprint density at radius 2 is 1.52 bits per heavy atom. The summed E-state index contributed by atoms with van der Waals surface area (Å²) in [4.78, 5) is 49.2. The number of carbonyl (C=O) groups excluding carboxylic acids is 3. The van der Waals surface area contributed by atoms with Gasteiger partial charge in [0.2, 0.25) is 11.8 Å². The van der Waals surface area contributed by atoms with Gasteiger partial charge in [0.25, 0.3) is 5.91 Å². The number of aliphatic hydroxyl groups is 1. The van der Waals surface area contributed by atoms with E-state index in [1.165, 1.54) is 0 Å². The van der Waals surface area contributed by atoms with Gasteiger partial charge in [-0.05, 0) is 55.2 Å². The molecular weight excluding hydrogens is 558 g/mol. The minimum atomic E-state index is -1.40. The predicted molar refractivity (Wildman–Crippen MR) is 167 cm³/mol. The number of ether oxygens (including phenoxy) is 2. The van der Waals surface area contributed by atoms with Gasteiger partial charge in [-0.2, -0.15) is 0 Å². The molecule has 0 bridgehead atoms. The van der Waals surface area contributed by atoms with E-state index in [9.17, 15) is 19.5 Å². The van der Waals surface area contributed by atoms with Crippen molar-refractivity contribution in [2.24, 2.45) is 17.8 Å². The number of para-hydroxylation sites is 1. The van der Waals surface area contributed by atoms with E-state index < -0.39 is 35.1 Å².